The van der Waals surface area contributed by atoms with Crippen LogP contribution in [-0.2, 0) is 13.0 Å². The van der Waals surface area contributed by atoms with E-state index in [0.29, 0.717) is 6.54 Å². The van der Waals surface area contributed by atoms with Crippen LogP contribution in [0.4, 0.5) is 0 Å². The number of nitrogens with zero attached hydrogens (tertiary/aromatic N) is 3. The van der Waals surface area contributed by atoms with E-state index >= 15 is 0 Å². The summed E-state index contributed by atoms with van der Waals surface area (Å²) in [4.78, 5) is 15.3. The highest BCUT2D eigenvalue weighted by atomic mass is 127. The van der Waals surface area contributed by atoms with Crippen LogP contribution in [0.3, 0.4) is 0 Å². The average Bonchev–Trinajstić information content (AvgIpc) is 3.02. The van der Waals surface area contributed by atoms with Gasteiger partial charge in [-0.05, 0) is 13.8 Å². The zero-order chi connectivity index (χ0) is 14.4. The van der Waals surface area contributed by atoms with E-state index in [0.717, 1.165) is 28.9 Å². The summed E-state index contributed by atoms with van der Waals surface area (Å²) in [7, 11) is 1.77. The van der Waals surface area contributed by atoms with Gasteiger partial charge in [-0.2, -0.15) is 0 Å². The Morgan fingerprint density at radius 3 is 2.24 bits per heavy atom. The molecule has 2 heterocycles. The van der Waals surface area contributed by atoms with Gasteiger partial charge in [-0.15, -0.1) is 46.7 Å². The number of aromatic nitrogens is 2. The molecule has 0 saturated heterocycles. The minimum Gasteiger partial charge on any atom is -0.356 e. The van der Waals surface area contributed by atoms with Crippen molar-refractivity contribution in [1.82, 2.24) is 20.6 Å². The lowest BCUT2D eigenvalue weighted by atomic mass is 10.4. The summed E-state index contributed by atoms with van der Waals surface area (Å²) in [5.41, 5.74) is 0. The van der Waals surface area contributed by atoms with Crippen molar-refractivity contribution in [3.8, 4) is 0 Å². The SMILES string of the molecule is CN=C(NCCc1ncc(C)s1)NCc1ncc(C)s1.I. The van der Waals surface area contributed by atoms with Crippen molar-refractivity contribution in [1.29, 1.82) is 0 Å². The predicted octanol–water partition coefficient (Wildman–Crippen LogP) is 2.74. The number of aliphatic imine (C=N–C) groups is 1. The Morgan fingerprint density at radius 2 is 1.71 bits per heavy atom. The number of thiazole rings is 2. The molecule has 2 N–H and O–H groups in total. The van der Waals surface area contributed by atoms with Crippen LogP contribution in [0.1, 0.15) is 19.8 Å². The molecule has 0 aliphatic rings. The molecule has 0 amide bonds. The summed E-state index contributed by atoms with van der Waals surface area (Å²) >= 11 is 3.44. The lowest BCUT2D eigenvalue weighted by molar-refractivity contribution is 0.789. The molecule has 5 nitrogen and oxygen atoms in total. The van der Waals surface area contributed by atoms with Crippen LogP contribution in [0.15, 0.2) is 17.4 Å². The van der Waals surface area contributed by atoms with Gasteiger partial charge < -0.3 is 10.6 Å². The van der Waals surface area contributed by atoms with E-state index in [-0.39, 0.29) is 24.0 Å². The molecule has 21 heavy (non-hydrogen) atoms. The lowest BCUT2D eigenvalue weighted by Crippen LogP contribution is -2.37. The van der Waals surface area contributed by atoms with Gasteiger partial charge in [0.2, 0.25) is 0 Å². The number of rotatable bonds is 5. The van der Waals surface area contributed by atoms with Crippen molar-refractivity contribution < 1.29 is 0 Å². The number of nitrogens with one attached hydrogen (secondary N) is 2. The fraction of sp³-hybridized carbons (Fsp3) is 0.462. The van der Waals surface area contributed by atoms with Gasteiger partial charge in [0, 0.05) is 42.2 Å². The molecular formula is C13H20IN5S2. The zero-order valence-corrected chi connectivity index (χ0v) is 16.3. The Labute approximate surface area is 150 Å². The Morgan fingerprint density at radius 1 is 1.10 bits per heavy atom. The highest BCUT2D eigenvalue weighted by Gasteiger charge is 2.02. The normalized spacial score (nSPS) is 11.1. The summed E-state index contributed by atoms with van der Waals surface area (Å²) in [6.07, 6.45) is 4.72. The smallest absolute Gasteiger partial charge is 0.191 e. The van der Waals surface area contributed by atoms with Crippen molar-refractivity contribution in [2.45, 2.75) is 26.8 Å². The summed E-state index contributed by atoms with van der Waals surface area (Å²) < 4.78 is 0. The van der Waals surface area contributed by atoms with E-state index in [1.54, 1.807) is 29.7 Å². The highest BCUT2D eigenvalue weighted by Crippen LogP contribution is 2.11. The first-order chi connectivity index (χ1) is 9.67. The van der Waals surface area contributed by atoms with E-state index in [9.17, 15) is 0 Å². The van der Waals surface area contributed by atoms with E-state index in [2.05, 4.69) is 39.4 Å². The van der Waals surface area contributed by atoms with Crippen LogP contribution in [0.25, 0.3) is 0 Å². The van der Waals surface area contributed by atoms with Crippen molar-refractivity contribution in [2.24, 2.45) is 4.99 Å². The maximum absolute atomic E-state index is 4.34. The first-order valence-electron chi connectivity index (χ1n) is 6.44. The lowest BCUT2D eigenvalue weighted by Gasteiger charge is -2.09. The van der Waals surface area contributed by atoms with E-state index in [1.807, 2.05) is 12.4 Å². The van der Waals surface area contributed by atoms with Crippen molar-refractivity contribution in [2.75, 3.05) is 13.6 Å². The Hall–Kier alpha value is -0.740. The molecular weight excluding hydrogens is 417 g/mol. The topological polar surface area (TPSA) is 62.2 Å². The van der Waals surface area contributed by atoms with E-state index < -0.39 is 0 Å². The third-order valence-electron chi connectivity index (χ3n) is 2.60. The number of hydrogen-bond donors (Lipinski definition) is 2. The Bertz CT molecular complexity index is 579. The van der Waals surface area contributed by atoms with E-state index in [4.69, 9.17) is 0 Å². The Balaban J connectivity index is 0.00000220. The highest BCUT2D eigenvalue weighted by molar-refractivity contribution is 14.0. The fourth-order valence-electron chi connectivity index (χ4n) is 1.67. The first-order valence-corrected chi connectivity index (χ1v) is 8.08. The molecule has 8 heteroatoms. The molecule has 2 aromatic rings. The van der Waals surface area contributed by atoms with Gasteiger partial charge in [0.15, 0.2) is 5.96 Å². The standard InChI is InChI=1S/C13H19N5S2.HI/c1-9-6-16-11(19-9)4-5-15-13(14-3)18-8-12-17-7-10(2)20-12;/h6-7H,4-5,8H2,1-3H3,(H2,14,15,18);1H. The summed E-state index contributed by atoms with van der Waals surface area (Å²) in [5.74, 6) is 0.797. The molecule has 0 saturated carbocycles. The van der Waals surface area contributed by atoms with Crippen LogP contribution >= 0.6 is 46.7 Å². The number of halogens is 1. The molecule has 2 aromatic heterocycles. The van der Waals surface area contributed by atoms with Gasteiger partial charge in [0.1, 0.15) is 5.01 Å². The van der Waals surface area contributed by atoms with Crippen molar-refractivity contribution in [3.63, 3.8) is 0 Å². The monoisotopic (exact) mass is 437 g/mol. The molecule has 0 aromatic carbocycles. The van der Waals surface area contributed by atoms with Crippen LogP contribution in [0.5, 0.6) is 0 Å². The summed E-state index contributed by atoms with van der Waals surface area (Å²) in [6.45, 7) is 5.66. The summed E-state index contributed by atoms with van der Waals surface area (Å²) in [6, 6.07) is 0. The van der Waals surface area contributed by atoms with E-state index in [1.165, 1.54) is 9.75 Å². The molecule has 116 valence electrons. The molecule has 0 atom stereocenters. The summed E-state index contributed by atoms with van der Waals surface area (Å²) in [5, 5.41) is 8.77. The molecule has 0 aliphatic heterocycles. The third-order valence-corrected chi connectivity index (χ3v) is 4.49. The molecule has 0 spiro atoms. The fourth-order valence-corrected chi connectivity index (χ4v) is 3.18. The van der Waals surface area contributed by atoms with Crippen LogP contribution in [0.2, 0.25) is 0 Å². The minimum atomic E-state index is 0. The second kappa shape index (κ2) is 9.31. The molecule has 0 unspecified atom stereocenters. The maximum Gasteiger partial charge on any atom is 0.191 e. The first kappa shape index (κ1) is 18.3. The number of guanidine groups is 1. The zero-order valence-electron chi connectivity index (χ0n) is 12.3. The van der Waals surface area contributed by atoms with Gasteiger partial charge in [0.05, 0.1) is 11.6 Å². The quantitative estimate of drug-likeness (QED) is 0.429. The van der Waals surface area contributed by atoms with Crippen LogP contribution < -0.4 is 10.6 Å². The van der Waals surface area contributed by atoms with Crippen LogP contribution in [0, 0.1) is 13.8 Å². The van der Waals surface area contributed by atoms with Crippen molar-refractivity contribution >= 4 is 52.6 Å². The van der Waals surface area contributed by atoms with Gasteiger partial charge in [-0.3, -0.25) is 4.99 Å². The Kier molecular flexibility index (Phi) is 8.12. The third kappa shape index (κ3) is 6.27. The van der Waals surface area contributed by atoms with Gasteiger partial charge in [-0.25, -0.2) is 9.97 Å². The molecule has 0 bridgehead atoms. The molecule has 0 fully saturated rings. The maximum atomic E-state index is 4.34. The average molecular weight is 437 g/mol. The van der Waals surface area contributed by atoms with Gasteiger partial charge in [-0.1, -0.05) is 0 Å². The molecule has 0 aliphatic carbocycles. The van der Waals surface area contributed by atoms with Gasteiger partial charge >= 0.3 is 0 Å². The second-order valence-corrected chi connectivity index (χ2v) is 6.97. The van der Waals surface area contributed by atoms with Gasteiger partial charge in [0.25, 0.3) is 0 Å². The van der Waals surface area contributed by atoms with Crippen molar-refractivity contribution in [3.05, 3.63) is 32.2 Å². The number of aryl methyl sites for hydroxylation is 2. The number of hydrogen-bond acceptors (Lipinski definition) is 5. The minimum absolute atomic E-state index is 0. The largest absolute Gasteiger partial charge is 0.356 e. The predicted molar refractivity (Wildman–Crippen MR) is 101 cm³/mol. The molecule has 2 rings (SSSR count). The second-order valence-electron chi connectivity index (χ2n) is 4.33. The van der Waals surface area contributed by atoms with Crippen LogP contribution in [-0.4, -0.2) is 29.5 Å². The molecule has 0 radical (unpaired) electrons.